The van der Waals surface area contributed by atoms with Crippen molar-refractivity contribution in [3.63, 3.8) is 0 Å². The Labute approximate surface area is 160 Å². The molecule has 0 atom stereocenters. The van der Waals surface area contributed by atoms with E-state index in [2.05, 4.69) is 87.7 Å². The number of H-pyrrole nitrogens is 1. The zero-order valence-electron chi connectivity index (χ0n) is 15.6. The number of nitrogens with one attached hydrogen (secondary N) is 1. The van der Waals surface area contributed by atoms with Crippen molar-refractivity contribution in [2.24, 2.45) is 0 Å². The molecule has 0 unspecified atom stereocenters. The molecule has 3 aromatic carbocycles. The van der Waals surface area contributed by atoms with E-state index in [-0.39, 0.29) is 0 Å². The smallest absolute Gasteiger partial charge is 0.0457 e. The van der Waals surface area contributed by atoms with Gasteiger partial charge in [0.15, 0.2) is 0 Å². The Bertz CT molecular complexity index is 1050. The molecular weight excluding hydrogens is 330 g/mol. The number of rotatable bonds is 4. The van der Waals surface area contributed by atoms with Crippen LogP contribution in [0.4, 0.5) is 0 Å². The Morgan fingerprint density at radius 2 is 1.26 bits per heavy atom. The Balaban J connectivity index is 1.24. The first kappa shape index (κ1) is 16.5. The number of benzene rings is 3. The van der Waals surface area contributed by atoms with Crippen LogP contribution in [-0.4, -0.2) is 41.0 Å². The lowest BCUT2D eigenvalue weighted by Gasteiger charge is -2.34. The number of aromatic amines is 1. The summed E-state index contributed by atoms with van der Waals surface area (Å²) < 4.78 is 0. The Kier molecular flexibility index (Phi) is 4.40. The summed E-state index contributed by atoms with van der Waals surface area (Å²) in [4.78, 5) is 8.57. The van der Waals surface area contributed by atoms with Crippen molar-refractivity contribution >= 4 is 21.7 Å². The van der Waals surface area contributed by atoms with Crippen LogP contribution in [0.3, 0.4) is 0 Å². The van der Waals surface area contributed by atoms with Gasteiger partial charge >= 0.3 is 0 Å². The zero-order chi connectivity index (χ0) is 18.1. The number of hydrogen-bond donors (Lipinski definition) is 1. The van der Waals surface area contributed by atoms with Crippen molar-refractivity contribution in [3.05, 3.63) is 84.1 Å². The summed E-state index contributed by atoms with van der Waals surface area (Å²) in [6, 6.07) is 24.0. The highest BCUT2D eigenvalue weighted by molar-refractivity contribution is 5.85. The summed E-state index contributed by atoms with van der Waals surface area (Å²) in [6.45, 7) is 6.60. The highest BCUT2D eigenvalue weighted by Crippen LogP contribution is 2.22. The highest BCUT2D eigenvalue weighted by Gasteiger charge is 2.18. The molecule has 2 heterocycles. The van der Waals surface area contributed by atoms with Crippen LogP contribution in [0.1, 0.15) is 11.1 Å². The minimum absolute atomic E-state index is 1.03. The molecule has 1 aliphatic rings. The lowest BCUT2D eigenvalue weighted by Crippen LogP contribution is -2.45. The Morgan fingerprint density at radius 1 is 0.630 bits per heavy atom. The first-order valence-corrected chi connectivity index (χ1v) is 9.83. The number of nitrogens with zero attached hydrogens (tertiary/aromatic N) is 2. The number of hydrogen-bond acceptors (Lipinski definition) is 2. The number of aromatic nitrogens is 1. The van der Waals surface area contributed by atoms with Crippen molar-refractivity contribution in [1.82, 2.24) is 14.8 Å². The van der Waals surface area contributed by atoms with Crippen molar-refractivity contribution < 1.29 is 0 Å². The van der Waals surface area contributed by atoms with E-state index in [0.717, 1.165) is 39.3 Å². The minimum atomic E-state index is 1.03. The van der Waals surface area contributed by atoms with E-state index in [1.165, 1.54) is 32.8 Å². The molecule has 0 bridgehead atoms. The maximum absolute atomic E-state index is 3.40. The SMILES string of the molecule is c1ccc2c(CN3CCN(Cc4c[nH]c5ccccc45)CC3)cccc2c1. The van der Waals surface area contributed by atoms with Crippen LogP contribution in [-0.2, 0) is 13.1 Å². The number of piperazine rings is 1. The molecule has 0 saturated carbocycles. The fourth-order valence-corrected chi connectivity index (χ4v) is 4.28. The molecule has 0 amide bonds. The Hall–Kier alpha value is -2.62. The molecule has 5 rings (SSSR count). The summed E-state index contributed by atoms with van der Waals surface area (Å²) >= 11 is 0. The van der Waals surface area contributed by atoms with Gasteiger partial charge in [0.05, 0.1) is 0 Å². The molecule has 1 N–H and O–H groups in total. The van der Waals surface area contributed by atoms with E-state index in [1.54, 1.807) is 0 Å². The molecule has 4 aromatic rings. The average Bonchev–Trinajstić information content (AvgIpc) is 3.13. The maximum Gasteiger partial charge on any atom is 0.0457 e. The molecule has 136 valence electrons. The van der Waals surface area contributed by atoms with Gasteiger partial charge in [0.2, 0.25) is 0 Å². The van der Waals surface area contributed by atoms with Gasteiger partial charge in [-0.1, -0.05) is 60.7 Å². The Morgan fingerprint density at radius 3 is 2.07 bits per heavy atom. The second-order valence-corrected chi connectivity index (χ2v) is 7.55. The van der Waals surface area contributed by atoms with E-state index in [4.69, 9.17) is 0 Å². The van der Waals surface area contributed by atoms with Gasteiger partial charge in [-0.05, 0) is 28.0 Å². The van der Waals surface area contributed by atoms with Crippen molar-refractivity contribution in [2.75, 3.05) is 26.2 Å². The lowest BCUT2D eigenvalue weighted by atomic mass is 10.0. The second kappa shape index (κ2) is 7.18. The van der Waals surface area contributed by atoms with Crippen LogP contribution in [0.5, 0.6) is 0 Å². The van der Waals surface area contributed by atoms with Crippen LogP contribution >= 0.6 is 0 Å². The van der Waals surface area contributed by atoms with E-state index in [9.17, 15) is 0 Å². The lowest BCUT2D eigenvalue weighted by molar-refractivity contribution is 0.122. The van der Waals surface area contributed by atoms with Gasteiger partial charge < -0.3 is 4.98 Å². The molecule has 1 aromatic heterocycles. The predicted octanol–water partition coefficient (Wildman–Crippen LogP) is 4.64. The van der Waals surface area contributed by atoms with E-state index < -0.39 is 0 Å². The third-order valence-electron chi connectivity index (χ3n) is 5.81. The van der Waals surface area contributed by atoms with Gasteiger partial charge in [0.25, 0.3) is 0 Å². The fourth-order valence-electron chi connectivity index (χ4n) is 4.28. The van der Waals surface area contributed by atoms with Crippen molar-refractivity contribution in [1.29, 1.82) is 0 Å². The molecule has 1 aliphatic heterocycles. The highest BCUT2D eigenvalue weighted by atomic mass is 15.3. The average molecular weight is 355 g/mol. The van der Waals surface area contributed by atoms with Crippen LogP contribution in [0.15, 0.2) is 72.9 Å². The summed E-state index contributed by atoms with van der Waals surface area (Å²) in [5.74, 6) is 0. The quantitative estimate of drug-likeness (QED) is 0.576. The molecule has 0 spiro atoms. The summed E-state index contributed by atoms with van der Waals surface area (Å²) in [6.07, 6.45) is 2.17. The van der Waals surface area contributed by atoms with Crippen molar-refractivity contribution in [3.8, 4) is 0 Å². The number of para-hydroxylation sites is 1. The normalized spacial score (nSPS) is 16.3. The molecule has 0 aliphatic carbocycles. The van der Waals surface area contributed by atoms with Crippen LogP contribution in [0, 0.1) is 0 Å². The standard InChI is InChI=1S/C24H25N3/c1-2-9-22-19(6-1)7-5-8-20(22)17-26-12-14-27(15-13-26)18-21-16-25-24-11-4-3-10-23(21)24/h1-11,16,25H,12-15,17-18H2. The molecule has 1 fully saturated rings. The van der Waals surface area contributed by atoms with Crippen molar-refractivity contribution in [2.45, 2.75) is 13.1 Å². The van der Waals surface area contributed by atoms with Crippen LogP contribution in [0.2, 0.25) is 0 Å². The van der Waals surface area contributed by atoms with Gasteiger partial charge in [-0.25, -0.2) is 0 Å². The van der Waals surface area contributed by atoms with Gasteiger partial charge in [0.1, 0.15) is 0 Å². The third-order valence-corrected chi connectivity index (χ3v) is 5.81. The zero-order valence-corrected chi connectivity index (χ0v) is 15.6. The maximum atomic E-state index is 3.40. The first-order chi connectivity index (χ1) is 13.4. The molecule has 3 nitrogen and oxygen atoms in total. The second-order valence-electron chi connectivity index (χ2n) is 7.55. The van der Waals surface area contributed by atoms with E-state index in [0.29, 0.717) is 0 Å². The molecule has 0 radical (unpaired) electrons. The minimum Gasteiger partial charge on any atom is -0.361 e. The van der Waals surface area contributed by atoms with Crippen LogP contribution < -0.4 is 0 Å². The topological polar surface area (TPSA) is 22.3 Å². The van der Waals surface area contributed by atoms with Gasteiger partial charge in [-0.15, -0.1) is 0 Å². The predicted molar refractivity (Wildman–Crippen MR) is 113 cm³/mol. The first-order valence-electron chi connectivity index (χ1n) is 9.83. The largest absolute Gasteiger partial charge is 0.361 e. The van der Waals surface area contributed by atoms with E-state index in [1.807, 2.05) is 0 Å². The summed E-state index contributed by atoms with van der Waals surface area (Å²) in [5, 5.41) is 4.09. The molecule has 1 saturated heterocycles. The third kappa shape index (κ3) is 3.36. The number of fused-ring (bicyclic) bond motifs is 2. The summed E-state index contributed by atoms with van der Waals surface area (Å²) in [5.41, 5.74) is 4.09. The van der Waals surface area contributed by atoms with Gasteiger partial charge in [-0.2, -0.15) is 0 Å². The van der Waals surface area contributed by atoms with Gasteiger partial charge in [0, 0.05) is 56.4 Å². The summed E-state index contributed by atoms with van der Waals surface area (Å²) in [7, 11) is 0. The van der Waals surface area contributed by atoms with Gasteiger partial charge in [-0.3, -0.25) is 9.80 Å². The molecule has 27 heavy (non-hydrogen) atoms. The van der Waals surface area contributed by atoms with E-state index >= 15 is 0 Å². The molecular formula is C24H25N3. The fraction of sp³-hybridized carbons (Fsp3) is 0.250. The van der Waals surface area contributed by atoms with Crippen LogP contribution in [0.25, 0.3) is 21.7 Å². The monoisotopic (exact) mass is 355 g/mol. The molecule has 3 heteroatoms.